The van der Waals surface area contributed by atoms with Crippen LogP contribution in [0.25, 0.3) is 0 Å². The average molecular weight is 273 g/mol. The molecule has 2 aromatic heterocycles. The van der Waals surface area contributed by atoms with E-state index in [2.05, 4.69) is 11.9 Å². The Morgan fingerprint density at radius 3 is 2.95 bits per heavy atom. The van der Waals surface area contributed by atoms with Crippen LogP contribution in [0.15, 0.2) is 35.0 Å². The highest BCUT2D eigenvalue weighted by molar-refractivity contribution is 5.30. The third-order valence-corrected chi connectivity index (χ3v) is 3.75. The first-order chi connectivity index (χ1) is 9.69. The lowest BCUT2D eigenvalue weighted by atomic mass is 10.1. The number of hydrogen-bond acceptors (Lipinski definition) is 4. The summed E-state index contributed by atoms with van der Waals surface area (Å²) >= 11 is 0. The Labute approximate surface area is 118 Å². The van der Waals surface area contributed by atoms with Gasteiger partial charge in [0.15, 0.2) is 0 Å². The fourth-order valence-corrected chi connectivity index (χ4v) is 2.43. The van der Waals surface area contributed by atoms with Crippen molar-refractivity contribution in [3.63, 3.8) is 0 Å². The monoisotopic (exact) mass is 273 g/mol. The molecule has 20 heavy (non-hydrogen) atoms. The van der Waals surface area contributed by atoms with E-state index in [0.717, 1.165) is 5.76 Å². The van der Waals surface area contributed by atoms with Crippen molar-refractivity contribution in [1.29, 1.82) is 0 Å². The van der Waals surface area contributed by atoms with Crippen LogP contribution in [0, 0.1) is 5.92 Å². The van der Waals surface area contributed by atoms with Crippen LogP contribution in [0.4, 0.5) is 0 Å². The zero-order valence-electron chi connectivity index (χ0n) is 11.7. The van der Waals surface area contributed by atoms with E-state index in [1.807, 2.05) is 19.1 Å². The summed E-state index contributed by atoms with van der Waals surface area (Å²) < 4.78 is 11.2. The van der Waals surface area contributed by atoms with Crippen molar-refractivity contribution in [2.45, 2.75) is 32.3 Å². The molecular weight excluding hydrogens is 254 g/mol. The maximum absolute atomic E-state index is 10.4. The molecule has 0 radical (unpaired) electrons. The van der Waals surface area contributed by atoms with Gasteiger partial charge in [-0.15, -0.1) is 0 Å². The summed E-state index contributed by atoms with van der Waals surface area (Å²) in [6.45, 7) is 4.70. The van der Waals surface area contributed by atoms with Crippen molar-refractivity contribution in [3.05, 3.63) is 47.7 Å². The Bertz CT molecular complexity index is 593. The zero-order valence-corrected chi connectivity index (χ0v) is 11.7. The van der Waals surface area contributed by atoms with Crippen LogP contribution in [-0.2, 0) is 0 Å². The smallest absolute Gasteiger partial charge is 0.138 e. The molecule has 0 saturated heterocycles. The summed E-state index contributed by atoms with van der Waals surface area (Å²) in [6.07, 6.45) is 3.64. The third-order valence-electron chi connectivity index (χ3n) is 3.75. The first-order valence-corrected chi connectivity index (χ1v) is 7.04. The fraction of sp³-hybridized carbons (Fsp3) is 0.438. The maximum Gasteiger partial charge on any atom is 0.138 e. The van der Waals surface area contributed by atoms with Crippen LogP contribution in [0.5, 0.6) is 5.75 Å². The largest absolute Gasteiger partial charge is 0.492 e. The van der Waals surface area contributed by atoms with Gasteiger partial charge in [0.1, 0.15) is 23.4 Å². The molecule has 0 aliphatic heterocycles. The predicted molar refractivity (Wildman–Crippen MR) is 74.7 cm³/mol. The van der Waals surface area contributed by atoms with Crippen molar-refractivity contribution in [1.82, 2.24) is 4.98 Å². The number of furan rings is 1. The minimum Gasteiger partial charge on any atom is -0.492 e. The van der Waals surface area contributed by atoms with E-state index in [9.17, 15) is 5.11 Å². The van der Waals surface area contributed by atoms with E-state index in [1.54, 1.807) is 18.5 Å². The first-order valence-electron chi connectivity index (χ1n) is 7.04. The average Bonchev–Trinajstić information content (AvgIpc) is 3.00. The first kappa shape index (κ1) is 13.2. The van der Waals surface area contributed by atoms with Crippen molar-refractivity contribution >= 4 is 0 Å². The minimum absolute atomic E-state index is 0.517. The summed E-state index contributed by atoms with van der Waals surface area (Å²) in [5.74, 6) is 3.40. The van der Waals surface area contributed by atoms with Crippen LogP contribution in [0.3, 0.4) is 0 Å². The second-order valence-corrected chi connectivity index (χ2v) is 5.35. The Morgan fingerprint density at radius 2 is 2.25 bits per heavy atom. The van der Waals surface area contributed by atoms with Gasteiger partial charge in [0.2, 0.25) is 0 Å². The van der Waals surface area contributed by atoms with Gasteiger partial charge in [-0.05, 0) is 37.5 Å². The molecule has 0 spiro atoms. The predicted octanol–water partition coefficient (Wildman–Crippen LogP) is 3.28. The number of pyridine rings is 1. The lowest BCUT2D eigenvalue weighted by Gasteiger charge is -2.09. The molecule has 1 aliphatic carbocycles. The Morgan fingerprint density at radius 1 is 1.45 bits per heavy atom. The summed E-state index contributed by atoms with van der Waals surface area (Å²) in [5, 5.41) is 10.4. The van der Waals surface area contributed by atoms with Gasteiger partial charge in [0, 0.05) is 17.7 Å². The highest BCUT2D eigenvalue weighted by Gasteiger charge is 2.37. The molecule has 1 aliphatic rings. The van der Waals surface area contributed by atoms with Crippen LogP contribution in [0.2, 0.25) is 0 Å². The molecule has 2 heterocycles. The normalized spacial score (nSPS) is 22.6. The molecule has 1 saturated carbocycles. The molecule has 3 rings (SSSR count). The molecule has 0 amide bonds. The molecule has 1 N–H and O–H groups in total. The Hall–Kier alpha value is -1.81. The highest BCUT2D eigenvalue weighted by Crippen LogP contribution is 2.47. The van der Waals surface area contributed by atoms with E-state index in [1.165, 1.54) is 6.42 Å². The summed E-state index contributed by atoms with van der Waals surface area (Å²) in [4.78, 5) is 4.09. The van der Waals surface area contributed by atoms with Crippen LogP contribution < -0.4 is 4.74 Å². The molecule has 2 aromatic rings. The number of ether oxygens (including phenoxy) is 1. The van der Waals surface area contributed by atoms with E-state index < -0.39 is 6.10 Å². The van der Waals surface area contributed by atoms with Crippen LogP contribution in [-0.4, -0.2) is 16.7 Å². The van der Waals surface area contributed by atoms with E-state index >= 15 is 0 Å². The van der Waals surface area contributed by atoms with Crippen molar-refractivity contribution < 1.29 is 14.3 Å². The highest BCUT2D eigenvalue weighted by atomic mass is 16.5. The van der Waals surface area contributed by atoms with Crippen molar-refractivity contribution in [2.24, 2.45) is 5.92 Å². The molecule has 3 atom stereocenters. The van der Waals surface area contributed by atoms with E-state index in [-0.39, 0.29) is 0 Å². The number of rotatable bonds is 5. The van der Waals surface area contributed by atoms with E-state index in [0.29, 0.717) is 35.5 Å². The van der Waals surface area contributed by atoms with Crippen LogP contribution >= 0.6 is 0 Å². The summed E-state index contributed by atoms with van der Waals surface area (Å²) in [6, 6.07) is 5.61. The molecule has 1 fully saturated rings. The molecule has 0 bridgehead atoms. The minimum atomic E-state index is -0.800. The van der Waals surface area contributed by atoms with Gasteiger partial charge in [-0.3, -0.25) is 4.98 Å². The molecule has 0 aromatic carbocycles. The number of aromatic nitrogens is 1. The quantitative estimate of drug-likeness (QED) is 0.908. The molecule has 4 nitrogen and oxygen atoms in total. The molecular formula is C16H19NO3. The Balaban J connectivity index is 1.79. The zero-order chi connectivity index (χ0) is 14.1. The van der Waals surface area contributed by atoms with Crippen molar-refractivity contribution in [3.8, 4) is 5.75 Å². The topological polar surface area (TPSA) is 55.5 Å². The van der Waals surface area contributed by atoms with Crippen molar-refractivity contribution in [2.75, 3.05) is 6.61 Å². The van der Waals surface area contributed by atoms with Gasteiger partial charge >= 0.3 is 0 Å². The third kappa shape index (κ3) is 2.56. The Kier molecular flexibility index (Phi) is 3.49. The molecule has 3 unspecified atom stereocenters. The maximum atomic E-state index is 10.4. The van der Waals surface area contributed by atoms with E-state index in [4.69, 9.17) is 9.15 Å². The fourth-order valence-electron chi connectivity index (χ4n) is 2.43. The summed E-state index contributed by atoms with van der Waals surface area (Å²) in [7, 11) is 0. The molecule has 4 heteroatoms. The molecule has 106 valence electrons. The van der Waals surface area contributed by atoms with Gasteiger partial charge in [-0.2, -0.15) is 0 Å². The number of nitrogens with zero attached hydrogens (tertiary/aromatic N) is 1. The van der Waals surface area contributed by atoms with Gasteiger partial charge < -0.3 is 14.3 Å². The second kappa shape index (κ2) is 5.29. The SMILES string of the molecule is CCOc1cncc(C(O)c2ccc(C3CC3C)o2)c1. The number of hydrogen-bond donors (Lipinski definition) is 1. The van der Waals surface area contributed by atoms with Gasteiger partial charge in [-0.25, -0.2) is 0 Å². The lowest BCUT2D eigenvalue weighted by Crippen LogP contribution is -2.00. The lowest BCUT2D eigenvalue weighted by molar-refractivity contribution is 0.185. The number of aliphatic hydroxyl groups excluding tert-OH is 1. The standard InChI is InChI=1S/C16H19NO3/c1-3-19-12-7-11(8-17-9-12)16(18)15-5-4-14(20-15)13-6-10(13)2/h4-5,7-10,13,16,18H,3,6H2,1-2H3. The van der Waals surface area contributed by atoms with Crippen LogP contribution in [0.1, 0.15) is 49.4 Å². The summed E-state index contributed by atoms with van der Waals surface area (Å²) in [5.41, 5.74) is 0.681. The van der Waals surface area contributed by atoms with Gasteiger partial charge in [0.25, 0.3) is 0 Å². The second-order valence-electron chi connectivity index (χ2n) is 5.35. The van der Waals surface area contributed by atoms with Gasteiger partial charge in [-0.1, -0.05) is 6.92 Å². The number of aliphatic hydroxyl groups is 1. The van der Waals surface area contributed by atoms with Gasteiger partial charge in [0.05, 0.1) is 12.8 Å².